The van der Waals surface area contributed by atoms with Crippen LogP contribution in [-0.4, -0.2) is 13.0 Å². The van der Waals surface area contributed by atoms with E-state index < -0.39 is 0 Å². The number of nitrogen functional groups attached to an aromatic ring is 1. The highest BCUT2D eigenvalue weighted by atomic mass is 79.9. The van der Waals surface area contributed by atoms with Crippen molar-refractivity contribution >= 4 is 33.2 Å². The van der Waals surface area contributed by atoms with Crippen LogP contribution in [0.25, 0.3) is 0 Å². The van der Waals surface area contributed by atoms with Crippen LogP contribution in [0.15, 0.2) is 46.9 Å². The van der Waals surface area contributed by atoms with Gasteiger partial charge in [-0.3, -0.25) is 4.79 Å². The zero-order valence-electron chi connectivity index (χ0n) is 10.8. The normalized spacial score (nSPS) is 9.85. The summed E-state index contributed by atoms with van der Waals surface area (Å²) < 4.78 is 0.759. The van der Waals surface area contributed by atoms with Crippen LogP contribution in [0.3, 0.4) is 0 Å². The fourth-order valence-electron chi connectivity index (χ4n) is 1.75. The number of rotatable bonds is 2. The van der Waals surface area contributed by atoms with Crippen LogP contribution in [0.4, 0.5) is 11.4 Å². The van der Waals surface area contributed by atoms with Gasteiger partial charge in [-0.15, -0.1) is 0 Å². The van der Waals surface area contributed by atoms with Crippen LogP contribution < -0.4 is 10.6 Å². The molecule has 0 aliphatic rings. The Bertz CT molecular complexity index is 689. The summed E-state index contributed by atoms with van der Waals surface area (Å²) in [4.78, 5) is 13.9. The molecule has 0 aliphatic carbocycles. The van der Waals surface area contributed by atoms with Crippen molar-refractivity contribution < 1.29 is 4.79 Å². The fraction of sp³-hybridized carbons (Fsp3) is 0.0667. The molecule has 0 aromatic heterocycles. The number of anilines is 2. The van der Waals surface area contributed by atoms with Gasteiger partial charge in [-0.05, 0) is 58.4 Å². The van der Waals surface area contributed by atoms with E-state index in [0.29, 0.717) is 16.8 Å². The molecule has 20 heavy (non-hydrogen) atoms. The van der Waals surface area contributed by atoms with Crippen molar-refractivity contribution in [2.45, 2.75) is 0 Å². The summed E-state index contributed by atoms with van der Waals surface area (Å²) in [6.45, 7) is 0. The highest BCUT2D eigenvalue weighted by Crippen LogP contribution is 2.22. The Labute approximate surface area is 125 Å². The number of carbonyl (C=O) groups is 1. The highest BCUT2D eigenvalue weighted by molar-refractivity contribution is 9.10. The number of amides is 1. The molecule has 0 atom stereocenters. The van der Waals surface area contributed by atoms with Gasteiger partial charge in [0.1, 0.15) is 0 Å². The maximum atomic E-state index is 12.4. The largest absolute Gasteiger partial charge is 0.398 e. The van der Waals surface area contributed by atoms with Gasteiger partial charge in [0.25, 0.3) is 5.91 Å². The van der Waals surface area contributed by atoms with Crippen LogP contribution >= 0.6 is 15.9 Å². The SMILES string of the molecule is CN(C(=O)c1ccc(Br)c(N)c1)c1ccc(C#N)cc1. The minimum absolute atomic E-state index is 0.158. The van der Waals surface area contributed by atoms with Crippen LogP contribution in [0.1, 0.15) is 15.9 Å². The third-order valence-corrected chi connectivity index (χ3v) is 3.65. The molecule has 2 rings (SSSR count). The summed E-state index contributed by atoms with van der Waals surface area (Å²) >= 11 is 3.30. The van der Waals surface area contributed by atoms with Gasteiger partial charge >= 0.3 is 0 Å². The van der Waals surface area contributed by atoms with Gasteiger partial charge in [-0.2, -0.15) is 5.26 Å². The van der Waals surface area contributed by atoms with E-state index in [2.05, 4.69) is 15.9 Å². The van der Waals surface area contributed by atoms with Crippen LogP contribution in [0.2, 0.25) is 0 Å². The number of halogens is 1. The average molecular weight is 330 g/mol. The number of hydrogen-bond donors (Lipinski definition) is 1. The summed E-state index contributed by atoms with van der Waals surface area (Å²) in [5.74, 6) is -0.158. The molecule has 0 heterocycles. The Hall–Kier alpha value is -2.32. The van der Waals surface area contributed by atoms with Crippen LogP contribution in [0, 0.1) is 11.3 Å². The number of carbonyl (C=O) groups excluding carboxylic acids is 1. The predicted molar refractivity (Wildman–Crippen MR) is 82.4 cm³/mol. The molecule has 0 unspecified atom stereocenters. The summed E-state index contributed by atoms with van der Waals surface area (Å²) in [6, 6.07) is 14.0. The molecule has 100 valence electrons. The minimum Gasteiger partial charge on any atom is -0.398 e. The van der Waals surface area contributed by atoms with Gasteiger partial charge in [0.2, 0.25) is 0 Å². The summed E-state index contributed by atoms with van der Waals surface area (Å²) in [5.41, 5.74) is 8.09. The molecule has 0 spiro atoms. The van der Waals surface area contributed by atoms with Gasteiger partial charge in [0.05, 0.1) is 11.6 Å². The van der Waals surface area contributed by atoms with Gasteiger partial charge in [0.15, 0.2) is 0 Å². The molecule has 0 radical (unpaired) electrons. The van der Waals surface area contributed by atoms with Gasteiger partial charge in [-0.25, -0.2) is 0 Å². The average Bonchev–Trinajstić information content (AvgIpc) is 2.48. The minimum atomic E-state index is -0.158. The third kappa shape index (κ3) is 2.81. The Balaban J connectivity index is 2.27. The standard InChI is InChI=1S/C15H12BrN3O/c1-19(12-5-2-10(9-17)3-6-12)15(20)11-4-7-13(16)14(18)8-11/h2-8H,18H2,1H3. The van der Waals surface area contributed by atoms with Gasteiger partial charge in [-0.1, -0.05) is 0 Å². The molecule has 2 N–H and O–H groups in total. The second-order valence-electron chi connectivity index (χ2n) is 4.26. The quantitative estimate of drug-likeness (QED) is 0.860. The lowest BCUT2D eigenvalue weighted by Crippen LogP contribution is -2.26. The Morgan fingerprint density at radius 3 is 2.45 bits per heavy atom. The lowest BCUT2D eigenvalue weighted by Gasteiger charge is -2.17. The van der Waals surface area contributed by atoms with Crippen LogP contribution in [-0.2, 0) is 0 Å². The predicted octanol–water partition coefficient (Wildman–Crippen LogP) is 3.18. The van der Waals surface area contributed by atoms with E-state index in [-0.39, 0.29) is 5.91 Å². The second-order valence-corrected chi connectivity index (χ2v) is 5.11. The first-order valence-electron chi connectivity index (χ1n) is 5.86. The lowest BCUT2D eigenvalue weighted by atomic mass is 10.1. The second kappa shape index (κ2) is 5.76. The third-order valence-electron chi connectivity index (χ3n) is 2.93. The van der Waals surface area contributed by atoms with E-state index in [0.717, 1.165) is 10.2 Å². The number of benzene rings is 2. The molecular weight excluding hydrogens is 318 g/mol. The molecule has 0 saturated carbocycles. The molecule has 0 saturated heterocycles. The summed E-state index contributed by atoms with van der Waals surface area (Å²) in [6.07, 6.45) is 0. The Morgan fingerprint density at radius 2 is 1.90 bits per heavy atom. The molecule has 2 aromatic rings. The molecule has 0 bridgehead atoms. The molecular formula is C15H12BrN3O. The first kappa shape index (κ1) is 14.1. The Kier molecular flexibility index (Phi) is 4.06. The number of nitrogens with two attached hydrogens (primary N) is 1. The van der Waals surface area contributed by atoms with Crippen molar-refractivity contribution in [1.29, 1.82) is 5.26 Å². The van der Waals surface area contributed by atoms with Crippen LogP contribution in [0.5, 0.6) is 0 Å². The maximum Gasteiger partial charge on any atom is 0.258 e. The summed E-state index contributed by atoms with van der Waals surface area (Å²) in [5, 5.41) is 8.76. The van der Waals surface area contributed by atoms with E-state index in [1.54, 1.807) is 49.5 Å². The van der Waals surface area contributed by atoms with Crippen molar-refractivity contribution in [3.8, 4) is 6.07 Å². The van der Waals surface area contributed by atoms with Crippen molar-refractivity contribution in [2.75, 3.05) is 17.7 Å². The molecule has 2 aromatic carbocycles. The first-order chi connectivity index (χ1) is 9.52. The zero-order valence-corrected chi connectivity index (χ0v) is 12.4. The molecule has 0 aliphatic heterocycles. The van der Waals surface area contributed by atoms with E-state index in [9.17, 15) is 4.79 Å². The molecule has 0 fully saturated rings. The fourth-order valence-corrected chi connectivity index (χ4v) is 1.99. The smallest absolute Gasteiger partial charge is 0.258 e. The summed E-state index contributed by atoms with van der Waals surface area (Å²) in [7, 11) is 1.68. The van der Waals surface area contributed by atoms with E-state index in [1.807, 2.05) is 6.07 Å². The van der Waals surface area contributed by atoms with Crippen molar-refractivity contribution in [3.63, 3.8) is 0 Å². The van der Waals surface area contributed by atoms with E-state index >= 15 is 0 Å². The Morgan fingerprint density at radius 1 is 1.25 bits per heavy atom. The van der Waals surface area contributed by atoms with Gasteiger partial charge in [0, 0.05) is 28.5 Å². The topological polar surface area (TPSA) is 70.1 Å². The number of hydrogen-bond acceptors (Lipinski definition) is 3. The van der Waals surface area contributed by atoms with Crippen molar-refractivity contribution in [3.05, 3.63) is 58.1 Å². The zero-order chi connectivity index (χ0) is 14.7. The maximum absolute atomic E-state index is 12.4. The first-order valence-corrected chi connectivity index (χ1v) is 6.65. The molecule has 5 heteroatoms. The lowest BCUT2D eigenvalue weighted by molar-refractivity contribution is 0.0993. The number of nitriles is 1. The van der Waals surface area contributed by atoms with Crippen molar-refractivity contribution in [2.24, 2.45) is 0 Å². The van der Waals surface area contributed by atoms with E-state index in [4.69, 9.17) is 11.0 Å². The van der Waals surface area contributed by atoms with E-state index in [1.165, 1.54) is 4.90 Å². The molecule has 1 amide bonds. The molecule has 4 nitrogen and oxygen atoms in total. The van der Waals surface area contributed by atoms with Crippen molar-refractivity contribution in [1.82, 2.24) is 0 Å². The highest BCUT2D eigenvalue weighted by Gasteiger charge is 2.14. The van der Waals surface area contributed by atoms with Gasteiger partial charge < -0.3 is 10.6 Å². The number of nitrogens with zero attached hydrogens (tertiary/aromatic N) is 2. The monoisotopic (exact) mass is 329 g/mol.